The number of phenolic OH excluding ortho intramolecular Hbond substituents is 3. The summed E-state index contributed by atoms with van der Waals surface area (Å²) in [4.78, 5) is 40.1. The number of carboxylic acids is 1. The van der Waals surface area contributed by atoms with Gasteiger partial charge in [0, 0.05) is 39.4 Å². The van der Waals surface area contributed by atoms with Crippen LogP contribution in [0.15, 0.2) is 17.2 Å². The van der Waals surface area contributed by atoms with Crippen LogP contribution in [0.1, 0.15) is 103 Å². The van der Waals surface area contributed by atoms with Gasteiger partial charge in [-0.3, -0.25) is 15.0 Å². The van der Waals surface area contributed by atoms with E-state index in [1.165, 1.54) is 39.2 Å². The molecule has 12 nitrogen and oxygen atoms in total. The minimum Gasteiger partial charge on any atom is -0.508 e. The molecule has 0 aromatic heterocycles. The zero-order chi connectivity index (χ0) is 33.7. The van der Waals surface area contributed by atoms with E-state index in [9.17, 15) is 39.9 Å². The van der Waals surface area contributed by atoms with E-state index in [2.05, 4.69) is 15.8 Å². The number of ketones is 2. The van der Waals surface area contributed by atoms with Crippen molar-refractivity contribution >= 4 is 41.1 Å². The molecule has 3 aliphatic carbocycles. The number of carbonyl (C=O) groups is 3. The molecule has 6 rings (SSSR count). The van der Waals surface area contributed by atoms with Gasteiger partial charge in [0.05, 0.1) is 30.0 Å². The van der Waals surface area contributed by atoms with Crippen molar-refractivity contribution in [2.75, 3.05) is 7.11 Å². The number of hydrogen-bond donors (Lipinski definition) is 7. The molecule has 0 aliphatic heterocycles. The lowest BCUT2D eigenvalue weighted by molar-refractivity contribution is 0.0693. The Labute approximate surface area is 274 Å². The number of hydrogen-bond acceptors (Lipinski definition) is 10. The summed E-state index contributed by atoms with van der Waals surface area (Å²) in [5.74, 6) is -5.50. The van der Waals surface area contributed by atoms with E-state index in [1.54, 1.807) is 0 Å². The van der Waals surface area contributed by atoms with Gasteiger partial charge in [-0.2, -0.15) is 5.10 Å². The summed E-state index contributed by atoms with van der Waals surface area (Å²) in [6, 6.07) is 2.80. The van der Waals surface area contributed by atoms with Gasteiger partial charge in [-0.15, -0.1) is 0 Å². The highest BCUT2D eigenvalue weighted by atomic mass is 32.1. The zero-order valence-electron chi connectivity index (χ0n) is 25.7. The van der Waals surface area contributed by atoms with E-state index >= 15 is 0 Å². The Morgan fingerprint density at radius 2 is 1.62 bits per heavy atom. The van der Waals surface area contributed by atoms with Crippen LogP contribution in [0.25, 0.3) is 11.1 Å². The number of aromatic carboxylic acids is 1. The van der Waals surface area contributed by atoms with Crippen molar-refractivity contribution in [2.45, 2.75) is 64.3 Å². The molecular weight excluding hydrogens is 626 g/mol. The number of aromatic hydroxyl groups is 4. The van der Waals surface area contributed by atoms with E-state index in [0.29, 0.717) is 10.7 Å². The highest BCUT2D eigenvalue weighted by Gasteiger charge is 2.42. The zero-order valence-corrected chi connectivity index (χ0v) is 26.5. The SMILES string of the molecule is COc1c2c(c(O)c3c1C(=O)c1c(cc(O)c(C)c1O)C3=O)-c1c(cc(/C=N/NC(=S)NC3CCCCCC3)c(C(=O)O)c1O)CC2. The molecule has 0 heterocycles. The smallest absolute Gasteiger partial charge is 0.340 e. The van der Waals surface area contributed by atoms with Gasteiger partial charge in [-0.25, -0.2) is 4.79 Å². The highest BCUT2D eigenvalue weighted by molar-refractivity contribution is 7.80. The molecule has 3 aromatic rings. The number of rotatable bonds is 5. The molecule has 13 heteroatoms. The van der Waals surface area contributed by atoms with Crippen molar-refractivity contribution in [3.63, 3.8) is 0 Å². The standard InChI is InChI=1S/C34H33N3O9S/c1-14-20(38)12-19-24(27(14)39)31(43)26-25(28(19)40)30(42)23-18(32(26)46-2)10-9-15-11-16(22(33(44)45)29(41)21(15)23)13-35-37-34(47)36-17-7-5-3-4-6-8-17/h11-13,17,38-39,41-42H,3-10H2,1-2H3,(H,44,45)(H2,36,37,47)/b35-13+. The fourth-order valence-corrected chi connectivity index (χ4v) is 7.19. The van der Waals surface area contributed by atoms with Crippen molar-refractivity contribution in [1.82, 2.24) is 10.7 Å². The Morgan fingerprint density at radius 3 is 2.28 bits per heavy atom. The van der Waals surface area contributed by atoms with Crippen molar-refractivity contribution in [2.24, 2.45) is 5.10 Å². The quantitative estimate of drug-likeness (QED) is 0.0682. The van der Waals surface area contributed by atoms with E-state index < -0.39 is 51.7 Å². The molecule has 0 bridgehead atoms. The van der Waals surface area contributed by atoms with Gasteiger partial charge in [0.2, 0.25) is 5.78 Å². The molecule has 0 amide bonds. The number of methoxy groups -OCH3 is 1. The van der Waals surface area contributed by atoms with Crippen molar-refractivity contribution in [3.8, 4) is 39.9 Å². The molecule has 0 unspecified atom stereocenters. The summed E-state index contributed by atoms with van der Waals surface area (Å²) in [5, 5.41) is 62.0. The Kier molecular flexibility index (Phi) is 8.26. The van der Waals surface area contributed by atoms with Gasteiger partial charge < -0.3 is 35.6 Å². The second-order valence-corrected chi connectivity index (χ2v) is 12.4. The Bertz CT molecular complexity index is 1930. The summed E-state index contributed by atoms with van der Waals surface area (Å²) in [5.41, 5.74) is 1.58. The lowest BCUT2D eigenvalue weighted by atomic mass is 9.74. The third-order valence-corrected chi connectivity index (χ3v) is 9.47. The fourth-order valence-electron chi connectivity index (χ4n) is 6.97. The van der Waals surface area contributed by atoms with Crippen molar-refractivity contribution in [3.05, 3.63) is 62.2 Å². The molecule has 0 saturated heterocycles. The second-order valence-electron chi connectivity index (χ2n) is 12.0. The first-order chi connectivity index (χ1) is 22.5. The Hall–Kier alpha value is -5.17. The maximum absolute atomic E-state index is 13.8. The van der Waals surface area contributed by atoms with E-state index in [1.807, 2.05) is 0 Å². The summed E-state index contributed by atoms with van der Waals surface area (Å²) in [7, 11) is 1.28. The maximum Gasteiger partial charge on any atom is 0.340 e. The van der Waals surface area contributed by atoms with Gasteiger partial charge in [0.25, 0.3) is 0 Å². The summed E-state index contributed by atoms with van der Waals surface area (Å²) in [6.07, 6.45) is 8.26. The lowest BCUT2D eigenvalue weighted by Crippen LogP contribution is -2.39. The Balaban J connectivity index is 1.44. The normalized spacial score (nSPS) is 15.7. The van der Waals surface area contributed by atoms with Crippen molar-refractivity contribution in [1.29, 1.82) is 0 Å². The van der Waals surface area contributed by atoms with Crippen LogP contribution in [0.4, 0.5) is 0 Å². The van der Waals surface area contributed by atoms with Crippen LogP contribution in [0.3, 0.4) is 0 Å². The maximum atomic E-state index is 13.8. The van der Waals surface area contributed by atoms with Crippen LogP contribution in [0.5, 0.6) is 28.7 Å². The topological polar surface area (TPSA) is 198 Å². The summed E-state index contributed by atoms with van der Waals surface area (Å²) >= 11 is 5.37. The average molecular weight is 660 g/mol. The van der Waals surface area contributed by atoms with Crippen LogP contribution < -0.4 is 15.5 Å². The number of carboxylic acid groups (broad SMARTS) is 1. The van der Waals surface area contributed by atoms with Crippen LogP contribution in [-0.2, 0) is 12.8 Å². The molecule has 244 valence electrons. The van der Waals surface area contributed by atoms with Gasteiger partial charge in [0.1, 0.15) is 34.3 Å². The highest BCUT2D eigenvalue weighted by Crippen LogP contribution is 2.54. The fraction of sp³-hybridized carbons (Fsp3) is 0.324. The van der Waals surface area contributed by atoms with E-state index in [0.717, 1.165) is 31.7 Å². The third-order valence-electron chi connectivity index (χ3n) is 9.26. The minimum atomic E-state index is -1.47. The molecule has 3 aliphatic rings. The number of thiocarbonyl (C=S) groups is 1. The number of carbonyl (C=O) groups excluding carboxylic acids is 2. The molecule has 47 heavy (non-hydrogen) atoms. The number of hydrazone groups is 1. The Morgan fingerprint density at radius 1 is 0.915 bits per heavy atom. The van der Waals surface area contributed by atoms with Gasteiger partial charge in [-0.05, 0) is 62.5 Å². The summed E-state index contributed by atoms with van der Waals surface area (Å²) in [6.45, 7) is 1.39. The first-order valence-corrected chi connectivity index (χ1v) is 15.7. The molecule has 0 spiro atoms. The van der Waals surface area contributed by atoms with E-state index in [-0.39, 0.29) is 69.1 Å². The van der Waals surface area contributed by atoms with Crippen molar-refractivity contribution < 1.29 is 44.7 Å². The number of nitrogens with one attached hydrogen (secondary N) is 2. The van der Waals surface area contributed by atoms with Crippen LogP contribution in [0, 0.1) is 6.92 Å². The molecular formula is C34H33N3O9S. The molecule has 3 aromatic carbocycles. The second kappa shape index (κ2) is 12.2. The largest absolute Gasteiger partial charge is 0.508 e. The number of benzene rings is 3. The monoisotopic (exact) mass is 659 g/mol. The molecule has 1 saturated carbocycles. The first kappa shape index (κ1) is 31.8. The number of aryl methyl sites for hydroxylation is 1. The van der Waals surface area contributed by atoms with E-state index in [4.69, 9.17) is 17.0 Å². The predicted molar refractivity (Wildman–Crippen MR) is 175 cm³/mol. The van der Waals surface area contributed by atoms with Gasteiger partial charge in [0.15, 0.2) is 10.9 Å². The van der Waals surface area contributed by atoms with Crippen LogP contribution in [-0.4, -0.2) is 67.5 Å². The molecule has 7 N–H and O–H groups in total. The predicted octanol–water partition coefficient (Wildman–Crippen LogP) is 4.59. The van der Waals surface area contributed by atoms with Crippen LogP contribution >= 0.6 is 12.2 Å². The van der Waals surface area contributed by atoms with Gasteiger partial charge in [-0.1, -0.05) is 25.7 Å². The number of phenols is 4. The number of fused-ring (bicyclic) bond motifs is 5. The minimum absolute atomic E-state index is 0.00167. The first-order valence-electron chi connectivity index (χ1n) is 15.3. The molecule has 0 atom stereocenters. The molecule has 0 radical (unpaired) electrons. The summed E-state index contributed by atoms with van der Waals surface area (Å²) < 4.78 is 5.63. The third kappa shape index (κ3) is 5.20. The number of nitrogens with zero attached hydrogens (tertiary/aromatic N) is 1. The lowest BCUT2D eigenvalue weighted by Gasteiger charge is -2.30. The van der Waals surface area contributed by atoms with Gasteiger partial charge >= 0.3 is 5.97 Å². The number of ether oxygens (including phenoxy) is 1. The molecule has 1 fully saturated rings. The average Bonchev–Trinajstić information content (AvgIpc) is 3.30. The van der Waals surface area contributed by atoms with Crippen LogP contribution in [0.2, 0.25) is 0 Å².